The third-order valence-corrected chi connectivity index (χ3v) is 12.9. The summed E-state index contributed by atoms with van der Waals surface area (Å²) in [6.07, 6.45) is 19.9. The van der Waals surface area contributed by atoms with E-state index in [-0.39, 0.29) is 45.0 Å². The highest BCUT2D eigenvalue weighted by Crippen LogP contribution is 2.74. The van der Waals surface area contributed by atoms with Crippen molar-refractivity contribution in [1.82, 2.24) is 0 Å². The number of terminal acetylenes is 1. The van der Waals surface area contributed by atoms with E-state index in [1.54, 1.807) is 11.1 Å². The van der Waals surface area contributed by atoms with Gasteiger partial charge in [-0.15, -0.1) is 12.3 Å². The predicted octanol–water partition coefficient (Wildman–Crippen LogP) is 6.92. The van der Waals surface area contributed by atoms with Crippen molar-refractivity contribution in [1.29, 1.82) is 0 Å². The van der Waals surface area contributed by atoms with E-state index in [0.717, 1.165) is 19.3 Å². The summed E-state index contributed by atoms with van der Waals surface area (Å²) in [5.41, 5.74) is 3.79. The van der Waals surface area contributed by atoms with Crippen LogP contribution in [0.3, 0.4) is 0 Å². The van der Waals surface area contributed by atoms with Crippen LogP contribution < -0.4 is 0 Å². The molecule has 0 spiro atoms. The molecule has 0 saturated heterocycles. The smallest absolute Gasteiger partial charge is 0.0731 e. The Morgan fingerprint density at radius 1 is 1.00 bits per heavy atom. The Morgan fingerprint density at radius 3 is 2.32 bits per heavy atom. The summed E-state index contributed by atoms with van der Waals surface area (Å²) in [6, 6.07) is 0. The fraction of sp³-hybridized carbons (Fsp3) is 0.812. The van der Waals surface area contributed by atoms with Crippen molar-refractivity contribution in [2.75, 3.05) is 6.61 Å². The Morgan fingerprint density at radius 2 is 1.68 bits per heavy atom. The summed E-state index contributed by atoms with van der Waals surface area (Å²) >= 11 is 0. The maximum atomic E-state index is 11.2. The van der Waals surface area contributed by atoms with Crippen LogP contribution in [0, 0.1) is 62.6 Å². The Balaban J connectivity index is 1.65. The molecule has 2 heteroatoms. The molecule has 0 aromatic carbocycles. The predicted molar refractivity (Wildman–Crippen MR) is 140 cm³/mol. The van der Waals surface area contributed by atoms with E-state index < -0.39 is 6.10 Å². The molecule has 0 aromatic heterocycles. The molecule has 0 heterocycles. The lowest BCUT2D eigenvalue weighted by Gasteiger charge is -2.70. The van der Waals surface area contributed by atoms with Gasteiger partial charge in [0.2, 0.25) is 0 Å². The fourth-order valence-corrected chi connectivity index (χ4v) is 10.2. The van der Waals surface area contributed by atoms with Gasteiger partial charge in [-0.3, -0.25) is 0 Å². The maximum absolute atomic E-state index is 11.2. The standard InChI is InChI=1S/C32H48O2/c1-9-21-18-30(6)24(27(2,3)26(21)34)12-13-32(8)25(30)11-10-22-23-19-28(4,20-33)14-15-29(23,5)16-17-31(22,32)7/h1,10-11,21,24-26,33-34H,12-20H2,2-8H3/t21-,24+,25-,26-,28+,29-,30+,31-,32-/m1/s1. The summed E-state index contributed by atoms with van der Waals surface area (Å²) in [5, 5.41) is 21.4. The average molecular weight is 465 g/mol. The fourth-order valence-electron chi connectivity index (χ4n) is 10.2. The van der Waals surface area contributed by atoms with Crippen molar-refractivity contribution in [2.24, 2.45) is 50.2 Å². The quantitative estimate of drug-likeness (QED) is 0.413. The second kappa shape index (κ2) is 7.26. The van der Waals surface area contributed by atoms with Crippen molar-refractivity contribution in [3.63, 3.8) is 0 Å². The van der Waals surface area contributed by atoms with Gasteiger partial charge >= 0.3 is 0 Å². The lowest BCUT2D eigenvalue weighted by atomic mass is 9.34. The molecule has 5 aliphatic carbocycles. The first-order valence-corrected chi connectivity index (χ1v) is 13.9. The van der Waals surface area contributed by atoms with E-state index in [9.17, 15) is 10.2 Å². The SMILES string of the molecule is C#C[C@@H]1C[C@]2(C)[C@H]3C=CC4=C5C[C@@](C)(CO)CC[C@]5(C)CC[C@@]4(C)[C@]3(C)CC[C@H]2C(C)(C)[C@@H]1O. The molecule has 5 rings (SSSR count). The molecule has 188 valence electrons. The highest BCUT2D eigenvalue weighted by Gasteiger charge is 2.67. The third-order valence-electron chi connectivity index (χ3n) is 12.9. The van der Waals surface area contributed by atoms with Gasteiger partial charge in [-0.25, -0.2) is 0 Å². The van der Waals surface area contributed by atoms with Gasteiger partial charge in [0.15, 0.2) is 0 Å². The van der Waals surface area contributed by atoms with Crippen LogP contribution in [0.5, 0.6) is 0 Å². The highest BCUT2D eigenvalue weighted by atomic mass is 16.3. The lowest BCUT2D eigenvalue weighted by molar-refractivity contribution is -0.193. The van der Waals surface area contributed by atoms with Gasteiger partial charge in [0.1, 0.15) is 0 Å². The van der Waals surface area contributed by atoms with E-state index in [1.807, 2.05) is 0 Å². The summed E-state index contributed by atoms with van der Waals surface area (Å²) in [5.74, 6) is 3.86. The van der Waals surface area contributed by atoms with Crippen LogP contribution in [0.2, 0.25) is 0 Å². The molecule has 5 aliphatic rings. The molecule has 0 radical (unpaired) electrons. The minimum absolute atomic E-state index is 0.0128. The van der Waals surface area contributed by atoms with Crippen molar-refractivity contribution >= 4 is 0 Å². The Kier molecular flexibility index (Phi) is 5.26. The molecule has 2 N–H and O–H groups in total. The monoisotopic (exact) mass is 464 g/mol. The minimum Gasteiger partial charge on any atom is -0.396 e. The van der Waals surface area contributed by atoms with E-state index in [1.165, 1.54) is 32.1 Å². The van der Waals surface area contributed by atoms with Gasteiger partial charge in [0.05, 0.1) is 6.10 Å². The van der Waals surface area contributed by atoms with Crippen LogP contribution in [0.1, 0.15) is 99.8 Å². The van der Waals surface area contributed by atoms with Crippen LogP contribution in [0.4, 0.5) is 0 Å². The zero-order chi connectivity index (χ0) is 24.9. The van der Waals surface area contributed by atoms with Crippen molar-refractivity contribution in [3.05, 3.63) is 23.3 Å². The molecular formula is C32H48O2. The normalized spacial score (nSPS) is 53.8. The van der Waals surface area contributed by atoms with Gasteiger partial charge in [0, 0.05) is 12.5 Å². The van der Waals surface area contributed by atoms with Crippen molar-refractivity contribution in [2.45, 2.75) is 106 Å². The van der Waals surface area contributed by atoms with Crippen molar-refractivity contribution in [3.8, 4) is 12.3 Å². The molecule has 2 nitrogen and oxygen atoms in total. The van der Waals surface area contributed by atoms with Gasteiger partial charge in [0.25, 0.3) is 0 Å². The maximum Gasteiger partial charge on any atom is 0.0731 e. The number of aliphatic hydroxyl groups is 2. The van der Waals surface area contributed by atoms with Gasteiger partial charge in [-0.1, -0.05) is 66.2 Å². The van der Waals surface area contributed by atoms with E-state index in [2.05, 4.69) is 66.5 Å². The Hall–Kier alpha value is -1.04. The number of rotatable bonds is 1. The van der Waals surface area contributed by atoms with Gasteiger partial charge < -0.3 is 10.2 Å². The third kappa shape index (κ3) is 2.90. The van der Waals surface area contributed by atoms with Crippen LogP contribution in [-0.4, -0.2) is 22.9 Å². The number of fused-ring (bicyclic) bond motifs is 6. The van der Waals surface area contributed by atoms with Crippen LogP contribution in [0.15, 0.2) is 23.3 Å². The Bertz CT molecular complexity index is 981. The van der Waals surface area contributed by atoms with Crippen LogP contribution in [0.25, 0.3) is 0 Å². The molecule has 34 heavy (non-hydrogen) atoms. The number of aliphatic hydroxyl groups excluding tert-OH is 2. The van der Waals surface area contributed by atoms with E-state index in [4.69, 9.17) is 6.42 Å². The lowest BCUT2D eigenvalue weighted by Crippen LogP contribution is -2.64. The largest absolute Gasteiger partial charge is 0.396 e. The van der Waals surface area contributed by atoms with Crippen molar-refractivity contribution < 1.29 is 10.2 Å². The van der Waals surface area contributed by atoms with Crippen LogP contribution in [-0.2, 0) is 0 Å². The summed E-state index contributed by atoms with van der Waals surface area (Å²) in [7, 11) is 0. The first-order chi connectivity index (χ1) is 15.7. The molecule has 3 saturated carbocycles. The summed E-state index contributed by atoms with van der Waals surface area (Å²) in [4.78, 5) is 0. The number of allylic oxidation sites excluding steroid dienone is 4. The number of hydrogen-bond acceptors (Lipinski definition) is 2. The minimum atomic E-state index is -0.422. The highest BCUT2D eigenvalue weighted by molar-refractivity contribution is 5.45. The summed E-state index contributed by atoms with van der Waals surface area (Å²) in [6.45, 7) is 17.2. The second-order valence-corrected chi connectivity index (χ2v) is 15.0. The molecule has 0 aliphatic heterocycles. The molecule has 0 bridgehead atoms. The van der Waals surface area contributed by atoms with E-state index >= 15 is 0 Å². The first-order valence-electron chi connectivity index (χ1n) is 13.9. The topological polar surface area (TPSA) is 40.5 Å². The average Bonchev–Trinajstić information content (AvgIpc) is 2.78. The zero-order valence-corrected chi connectivity index (χ0v) is 22.8. The van der Waals surface area contributed by atoms with Gasteiger partial charge in [-0.2, -0.15) is 0 Å². The molecule has 9 atom stereocenters. The van der Waals surface area contributed by atoms with Gasteiger partial charge in [-0.05, 0) is 101 Å². The van der Waals surface area contributed by atoms with Crippen LogP contribution >= 0.6 is 0 Å². The Labute approximate surface area is 208 Å². The second-order valence-electron chi connectivity index (χ2n) is 15.0. The zero-order valence-electron chi connectivity index (χ0n) is 22.8. The molecule has 3 fully saturated rings. The summed E-state index contributed by atoms with van der Waals surface area (Å²) < 4.78 is 0. The molecule has 0 unspecified atom stereocenters. The first kappa shape index (κ1) is 24.6. The number of hydrogen-bond donors (Lipinski definition) is 2. The van der Waals surface area contributed by atoms with E-state index in [0.29, 0.717) is 11.8 Å². The molecule has 0 aromatic rings. The molecule has 0 amide bonds. The molecular weight excluding hydrogens is 416 g/mol.